The molecule has 0 fully saturated rings. The van der Waals surface area contributed by atoms with Gasteiger partial charge in [-0.1, -0.05) is 39.3 Å². The Morgan fingerprint density at radius 2 is 0.737 bits per heavy atom. The van der Waals surface area contributed by atoms with Crippen LogP contribution in [0, 0.1) is 0 Å². The van der Waals surface area contributed by atoms with Crippen LogP contribution in [0.15, 0.2) is 48.5 Å². The maximum atomic E-state index is 2.36. The van der Waals surface area contributed by atoms with Crippen LogP contribution in [-0.4, -0.2) is 16.1 Å². The van der Waals surface area contributed by atoms with Crippen LogP contribution in [-0.2, 0) is 25.8 Å². The topological polar surface area (TPSA) is 0 Å². The first-order chi connectivity index (χ1) is 8.21. The average Bonchev–Trinajstić information content (AvgIpc) is 2.91. The van der Waals surface area contributed by atoms with Crippen molar-refractivity contribution in [3.63, 3.8) is 0 Å². The molecule has 0 N–H and O–H groups in total. The summed E-state index contributed by atoms with van der Waals surface area (Å²) < 4.78 is 0. The van der Waals surface area contributed by atoms with Crippen LogP contribution in [0.4, 0.5) is 0 Å². The fourth-order valence-corrected chi connectivity index (χ4v) is 4.13. The first-order valence-electron chi connectivity index (χ1n) is 6.65. The van der Waals surface area contributed by atoms with Gasteiger partial charge in [-0.2, -0.15) is 34.6 Å². The Morgan fingerprint density at radius 1 is 0.526 bits per heavy atom. The van der Waals surface area contributed by atoms with Crippen LogP contribution in [0.1, 0.15) is 0 Å². The van der Waals surface area contributed by atoms with Crippen molar-refractivity contribution in [3.05, 3.63) is 48.5 Å². The molecule has 0 heterocycles. The van der Waals surface area contributed by atoms with E-state index in [9.17, 15) is 0 Å². The molecule has 0 aliphatic rings. The van der Waals surface area contributed by atoms with Gasteiger partial charge in [-0.05, 0) is 0 Å². The van der Waals surface area contributed by atoms with Gasteiger partial charge in [-0.25, -0.2) is 24.3 Å². The molecule has 0 aromatic heterocycles. The molecule has 0 nitrogen and oxygen atoms in total. The Bertz CT molecular complexity index is 384. The minimum absolute atomic E-state index is 0. The zero-order valence-electron chi connectivity index (χ0n) is 13.2. The summed E-state index contributed by atoms with van der Waals surface area (Å²) in [5, 5.41) is 3.12. The maximum Gasteiger partial charge on any atom is 0.0147 e. The number of hydrogen-bond donors (Lipinski definition) is 0. The molecule has 1 radical (unpaired) electrons. The van der Waals surface area contributed by atoms with Crippen molar-refractivity contribution in [3.8, 4) is 0 Å². The SMILES string of the molecule is C[Si](C)(C)[c-]1cccc1.C[Si](C)(C)[c-]1cccc1.[Sc]. The predicted molar refractivity (Wildman–Crippen MR) is 90.0 cm³/mol. The first-order valence-corrected chi connectivity index (χ1v) is 13.7. The van der Waals surface area contributed by atoms with Crippen molar-refractivity contribution in [1.29, 1.82) is 0 Å². The van der Waals surface area contributed by atoms with Gasteiger partial charge in [0.1, 0.15) is 0 Å². The molecule has 2 aromatic carbocycles. The van der Waals surface area contributed by atoms with Gasteiger partial charge >= 0.3 is 0 Å². The van der Waals surface area contributed by atoms with Gasteiger partial charge in [0.25, 0.3) is 0 Å². The Kier molecular flexibility index (Phi) is 7.70. The standard InChI is InChI=1S/2C8H13Si.Sc/c2*1-9(2,3)8-6-4-5-7-8;/h2*4-7H,1-3H3;/q2*-1;. The van der Waals surface area contributed by atoms with Crippen LogP contribution in [0.2, 0.25) is 39.3 Å². The summed E-state index contributed by atoms with van der Waals surface area (Å²) in [6.45, 7) is 14.2. The third-order valence-corrected chi connectivity index (χ3v) is 7.19. The van der Waals surface area contributed by atoms with E-state index in [1.165, 1.54) is 0 Å². The van der Waals surface area contributed by atoms with Crippen LogP contribution < -0.4 is 10.4 Å². The molecule has 0 unspecified atom stereocenters. The molecular formula is C16H26ScSi2-2. The van der Waals surface area contributed by atoms with E-state index in [2.05, 4.69) is 87.8 Å². The second kappa shape index (κ2) is 7.70. The van der Waals surface area contributed by atoms with Gasteiger partial charge in [-0.15, -0.1) is 0 Å². The van der Waals surface area contributed by atoms with Gasteiger partial charge in [0, 0.05) is 42.0 Å². The molecule has 0 aliphatic carbocycles. The number of hydrogen-bond acceptors (Lipinski definition) is 0. The molecule has 0 bridgehead atoms. The molecule has 19 heavy (non-hydrogen) atoms. The quantitative estimate of drug-likeness (QED) is 0.582. The van der Waals surface area contributed by atoms with Crippen molar-refractivity contribution in [1.82, 2.24) is 0 Å². The van der Waals surface area contributed by atoms with Crippen LogP contribution in [0.3, 0.4) is 0 Å². The minimum Gasteiger partial charge on any atom is -0.214 e. The van der Waals surface area contributed by atoms with Gasteiger partial charge in [-0.3, -0.25) is 0 Å². The summed E-state index contributed by atoms with van der Waals surface area (Å²) in [7, 11) is -1.96. The Morgan fingerprint density at radius 3 is 0.842 bits per heavy atom. The van der Waals surface area contributed by atoms with Crippen molar-refractivity contribution in [2.75, 3.05) is 0 Å². The summed E-state index contributed by atoms with van der Waals surface area (Å²) in [4.78, 5) is 0. The Balaban J connectivity index is 0.000000324. The normalized spacial score (nSPS) is 11.3. The molecule has 0 aliphatic heterocycles. The zero-order chi connectivity index (χ0) is 13.8. The molecule has 2 rings (SSSR count). The third kappa shape index (κ3) is 6.82. The summed E-state index contributed by atoms with van der Waals surface area (Å²) in [5.74, 6) is 0. The molecule has 0 atom stereocenters. The van der Waals surface area contributed by atoms with Gasteiger partial charge in [0.15, 0.2) is 0 Å². The maximum absolute atomic E-state index is 2.36. The Labute approximate surface area is 139 Å². The predicted octanol–water partition coefficient (Wildman–Crippen LogP) is 3.90. The van der Waals surface area contributed by atoms with E-state index in [1.807, 2.05) is 0 Å². The molecule has 2 aromatic rings. The average molecular weight is 320 g/mol. The molecular weight excluding hydrogens is 293 g/mol. The van der Waals surface area contributed by atoms with Crippen molar-refractivity contribution >= 4 is 26.5 Å². The summed E-state index contributed by atoms with van der Waals surface area (Å²) in [6.07, 6.45) is 0. The van der Waals surface area contributed by atoms with E-state index in [0.717, 1.165) is 0 Å². The summed E-state index contributed by atoms with van der Waals surface area (Å²) >= 11 is 0. The molecule has 3 heteroatoms. The molecule has 0 saturated heterocycles. The van der Waals surface area contributed by atoms with Gasteiger partial charge in [0.05, 0.1) is 0 Å². The molecule has 0 spiro atoms. The van der Waals surface area contributed by atoms with E-state index < -0.39 is 16.1 Å². The summed E-state index contributed by atoms with van der Waals surface area (Å²) in [6, 6.07) is 17.4. The molecule has 103 valence electrons. The van der Waals surface area contributed by atoms with Crippen LogP contribution >= 0.6 is 0 Å². The van der Waals surface area contributed by atoms with Crippen molar-refractivity contribution in [2.24, 2.45) is 0 Å². The Hall–Kier alpha value is 0.00390. The fraction of sp³-hybridized carbons (Fsp3) is 0.375. The molecule has 0 saturated carbocycles. The monoisotopic (exact) mass is 319 g/mol. The largest absolute Gasteiger partial charge is 0.214 e. The van der Waals surface area contributed by atoms with Gasteiger partial charge in [0.2, 0.25) is 0 Å². The van der Waals surface area contributed by atoms with Gasteiger partial charge < -0.3 is 0 Å². The second-order valence-corrected chi connectivity index (χ2v) is 17.0. The minimum atomic E-state index is -0.981. The van der Waals surface area contributed by atoms with E-state index in [1.54, 1.807) is 10.4 Å². The van der Waals surface area contributed by atoms with E-state index >= 15 is 0 Å². The van der Waals surface area contributed by atoms with Crippen LogP contribution in [0.25, 0.3) is 0 Å². The number of rotatable bonds is 2. The summed E-state index contributed by atoms with van der Waals surface area (Å²) in [5.41, 5.74) is 0. The van der Waals surface area contributed by atoms with E-state index in [4.69, 9.17) is 0 Å². The van der Waals surface area contributed by atoms with E-state index in [-0.39, 0.29) is 25.8 Å². The van der Waals surface area contributed by atoms with Crippen molar-refractivity contribution < 1.29 is 25.8 Å². The first kappa shape index (κ1) is 19.0. The zero-order valence-corrected chi connectivity index (χ0v) is 17.0. The fourth-order valence-electron chi connectivity index (χ4n) is 1.75. The van der Waals surface area contributed by atoms with Crippen LogP contribution in [0.5, 0.6) is 0 Å². The smallest absolute Gasteiger partial charge is 0.0147 e. The van der Waals surface area contributed by atoms with E-state index in [0.29, 0.717) is 0 Å². The second-order valence-electron chi connectivity index (χ2n) is 6.85. The third-order valence-electron chi connectivity index (χ3n) is 3.06. The van der Waals surface area contributed by atoms with Crippen molar-refractivity contribution in [2.45, 2.75) is 39.3 Å². The molecule has 0 amide bonds.